The Kier molecular flexibility index (Phi) is 5.53. The average molecular weight is 276 g/mol. The van der Waals surface area contributed by atoms with Crippen LogP contribution in [0.1, 0.15) is 51.3 Å². The molecule has 4 nitrogen and oxygen atoms in total. The van der Waals surface area contributed by atoms with Gasteiger partial charge >= 0.3 is 5.97 Å². The zero-order chi connectivity index (χ0) is 14.4. The molecule has 1 atom stereocenters. The second-order valence-electron chi connectivity index (χ2n) is 5.44. The zero-order valence-corrected chi connectivity index (χ0v) is 12.3. The summed E-state index contributed by atoms with van der Waals surface area (Å²) in [4.78, 5) is 16.1. The van der Waals surface area contributed by atoms with Crippen molar-refractivity contribution in [2.45, 2.75) is 51.6 Å². The highest BCUT2D eigenvalue weighted by molar-refractivity contribution is 5.72. The van der Waals surface area contributed by atoms with Crippen LogP contribution < -0.4 is 5.32 Å². The van der Waals surface area contributed by atoms with Crippen LogP contribution in [0.5, 0.6) is 0 Å². The lowest BCUT2D eigenvalue weighted by Gasteiger charge is -2.30. The van der Waals surface area contributed by atoms with E-state index in [4.69, 9.17) is 4.74 Å². The molecule has 1 fully saturated rings. The smallest absolute Gasteiger partial charge is 0.308 e. The van der Waals surface area contributed by atoms with E-state index >= 15 is 0 Å². The highest BCUT2D eigenvalue weighted by atomic mass is 16.5. The van der Waals surface area contributed by atoms with Gasteiger partial charge in [0, 0.05) is 18.3 Å². The summed E-state index contributed by atoms with van der Waals surface area (Å²) >= 11 is 0. The largest absolute Gasteiger partial charge is 0.466 e. The molecule has 2 rings (SSSR count). The predicted molar refractivity (Wildman–Crippen MR) is 78.2 cm³/mol. The van der Waals surface area contributed by atoms with E-state index in [1.54, 1.807) is 0 Å². The number of aromatic nitrogens is 1. The third-order valence-corrected chi connectivity index (χ3v) is 3.96. The summed E-state index contributed by atoms with van der Waals surface area (Å²) < 4.78 is 5.10. The molecule has 0 aliphatic heterocycles. The lowest BCUT2D eigenvalue weighted by atomic mass is 9.85. The third kappa shape index (κ3) is 4.04. The zero-order valence-electron chi connectivity index (χ0n) is 12.3. The summed E-state index contributed by atoms with van der Waals surface area (Å²) in [5.41, 5.74) is 1.07. The molecule has 4 heteroatoms. The molecule has 0 aromatic carbocycles. The van der Waals surface area contributed by atoms with Gasteiger partial charge in [0.1, 0.15) is 0 Å². The molecule has 1 unspecified atom stereocenters. The van der Waals surface area contributed by atoms with E-state index in [0.717, 1.165) is 31.4 Å². The maximum absolute atomic E-state index is 11.7. The molecule has 1 aliphatic rings. The number of nitrogens with zero attached hydrogens (tertiary/aromatic N) is 1. The fourth-order valence-electron chi connectivity index (χ4n) is 2.83. The summed E-state index contributed by atoms with van der Waals surface area (Å²) in [6.07, 6.45) is 5.73. The van der Waals surface area contributed by atoms with E-state index in [9.17, 15) is 4.79 Å². The molecule has 1 aromatic heterocycles. The van der Waals surface area contributed by atoms with Crippen molar-refractivity contribution in [2.75, 3.05) is 6.61 Å². The Bertz CT molecular complexity index is 414. The van der Waals surface area contributed by atoms with Gasteiger partial charge in [0.05, 0.1) is 18.2 Å². The van der Waals surface area contributed by atoms with Gasteiger partial charge in [0.25, 0.3) is 0 Å². The van der Waals surface area contributed by atoms with Crippen molar-refractivity contribution in [3.05, 3.63) is 30.1 Å². The van der Waals surface area contributed by atoms with Gasteiger partial charge in [-0.1, -0.05) is 6.07 Å². The van der Waals surface area contributed by atoms with Crippen LogP contribution in [-0.4, -0.2) is 23.6 Å². The number of nitrogens with one attached hydrogen (secondary N) is 1. The Morgan fingerprint density at radius 3 is 2.75 bits per heavy atom. The van der Waals surface area contributed by atoms with Gasteiger partial charge in [-0.15, -0.1) is 0 Å². The van der Waals surface area contributed by atoms with Gasteiger partial charge in [0.15, 0.2) is 0 Å². The molecule has 1 saturated carbocycles. The minimum Gasteiger partial charge on any atom is -0.466 e. The van der Waals surface area contributed by atoms with Gasteiger partial charge in [0.2, 0.25) is 0 Å². The number of pyridine rings is 1. The van der Waals surface area contributed by atoms with E-state index in [0.29, 0.717) is 12.6 Å². The fourth-order valence-corrected chi connectivity index (χ4v) is 2.83. The Balaban J connectivity index is 1.78. The molecule has 0 amide bonds. The number of carbonyl (C=O) groups is 1. The number of hydrogen-bond donors (Lipinski definition) is 1. The van der Waals surface area contributed by atoms with Crippen molar-refractivity contribution in [1.29, 1.82) is 0 Å². The SMILES string of the molecule is CCOC(=O)C1CCC(NC(C)c2ccccn2)CC1. The van der Waals surface area contributed by atoms with Gasteiger partial charge in [-0.05, 0) is 51.7 Å². The van der Waals surface area contributed by atoms with E-state index in [1.807, 2.05) is 31.3 Å². The molecule has 1 N–H and O–H groups in total. The first-order valence-electron chi connectivity index (χ1n) is 7.54. The van der Waals surface area contributed by atoms with Gasteiger partial charge in [-0.25, -0.2) is 0 Å². The minimum atomic E-state index is -0.0243. The highest BCUT2D eigenvalue weighted by Gasteiger charge is 2.27. The Hall–Kier alpha value is -1.42. The van der Waals surface area contributed by atoms with Crippen molar-refractivity contribution in [3.8, 4) is 0 Å². The first-order valence-corrected chi connectivity index (χ1v) is 7.54. The molecular weight excluding hydrogens is 252 g/mol. The van der Waals surface area contributed by atoms with Crippen LogP contribution in [0.2, 0.25) is 0 Å². The number of hydrogen-bond acceptors (Lipinski definition) is 4. The Morgan fingerprint density at radius 1 is 1.40 bits per heavy atom. The van der Waals surface area contributed by atoms with Crippen LogP contribution in [-0.2, 0) is 9.53 Å². The molecule has 0 bridgehead atoms. The molecule has 0 spiro atoms. The third-order valence-electron chi connectivity index (χ3n) is 3.96. The molecule has 1 heterocycles. The topological polar surface area (TPSA) is 51.2 Å². The highest BCUT2D eigenvalue weighted by Crippen LogP contribution is 2.26. The maximum Gasteiger partial charge on any atom is 0.308 e. The molecule has 0 radical (unpaired) electrons. The maximum atomic E-state index is 11.7. The summed E-state index contributed by atoms with van der Waals surface area (Å²) in [7, 11) is 0. The Morgan fingerprint density at radius 2 is 2.15 bits per heavy atom. The Labute approximate surface area is 120 Å². The quantitative estimate of drug-likeness (QED) is 0.840. The van der Waals surface area contributed by atoms with Crippen molar-refractivity contribution in [2.24, 2.45) is 5.92 Å². The van der Waals surface area contributed by atoms with Gasteiger partial charge in [-0.2, -0.15) is 0 Å². The first-order chi connectivity index (χ1) is 9.70. The number of carbonyl (C=O) groups excluding carboxylic acids is 1. The van der Waals surface area contributed by atoms with Gasteiger partial charge < -0.3 is 10.1 Å². The lowest BCUT2D eigenvalue weighted by Crippen LogP contribution is -2.37. The number of ether oxygens (including phenoxy) is 1. The summed E-state index contributed by atoms with van der Waals surface area (Å²) in [6, 6.07) is 6.71. The van der Waals surface area contributed by atoms with E-state index in [-0.39, 0.29) is 17.9 Å². The number of esters is 1. The second-order valence-corrected chi connectivity index (χ2v) is 5.44. The monoisotopic (exact) mass is 276 g/mol. The second kappa shape index (κ2) is 7.39. The van der Waals surface area contributed by atoms with E-state index in [1.165, 1.54) is 0 Å². The molecule has 110 valence electrons. The van der Waals surface area contributed by atoms with Crippen molar-refractivity contribution >= 4 is 5.97 Å². The molecule has 1 aliphatic carbocycles. The van der Waals surface area contributed by atoms with Gasteiger partial charge in [-0.3, -0.25) is 9.78 Å². The van der Waals surface area contributed by atoms with Crippen LogP contribution in [0.25, 0.3) is 0 Å². The molecule has 20 heavy (non-hydrogen) atoms. The van der Waals surface area contributed by atoms with E-state index < -0.39 is 0 Å². The number of rotatable bonds is 5. The lowest BCUT2D eigenvalue weighted by molar-refractivity contribution is -0.149. The summed E-state index contributed by atoms with van der Waals surface area (Å²) in [5, 5.41) is 3.61. The van der Waals surface area contributed by atoms with E-state index in [2.05, 4.69) is 17.2 Å². The van der Waals surface area contributed by atoms with Crippen LogP contribution in [0.15, 0.2) is 24.4 Å². The van der Waals surface area contributed by atoms with Crippen molar-refractivity contribution < 1.29 is 9.53 Å². The molecule has 0 saturated heterocycles. The normalized spacial score (nSPS) is 24.1. The van der Waals surface area contributed by atoms with Crippen molar-refractivity contribution in [1.82, 2.24) is 10.3 Å². The van der Waals surface area contributed by atoms with Crippen LogP contribution >= 0.6 is 0 Å². The van der Waals surface area contributed by atoms with Crippen molar-refractivity contribution in [3.63, 3.8) is 0 Å². The summed E-state index contributed by atoms with van der Waals surface area (Å²) in [6.45, 7) is 4.48. The molecular formula is C16H24N2O2. The standard InChI is InChI=1S/C16H24N2O2/c1-3-20-16(19)13-7-9-14(10-8-13)18-12(2)15-6-4-5-11-17-15/h4-6,11-14,18H,3,7-10H2,1-2H3. The van der Waals surface area contributed by atoms with Crippen LogP contribution in [0.3, 0.4) is 0 Å². The summed E-state index contributed by atoms with van der Waals surface area (Å²) in [5.74, 6) is 0.0712. The first kappa shape index (κ1) is 15.0. The van der Waals surface area contributed by atoms with Crippen LogP contribution in [0, 0.1) is 5.92 Å². The fraction of sp³-hybridized carbons (Fsp3) is 0.625. The predicted octanol–water partition coefficient (Wildman–Crippen LogP) is 2.85. The molecule has 1 aromatic rings. The average Bonchev–Trinajstić information content (AvgIpc) is 2.49. The minimum absolute atomic E-state index is 0.0243. The van der Waals surface area contributed by atoms with Crippen LogP contribution in [0.4, 0.5) is 0 Å².